The van der Waals surface area contributed by atoms with Crippen molar-refractivity contribution in [1.82, 2.24) is 9.97 Å². The lowest BCUT2D eigenvalue weighted by atomic mass is 9.88. The van der Waals surface area contributed by atoms with E-state index in [2.05, 4.69) is 41.5 Å². The highest BCUT2D eigenvalue weighted by atomic mass is 32.2. The first-order chi connectivity index (χ1) is 9.54. The van der Waals surface area contributed by atoms with Gasteiger partial charge in [-0.25, -0.2) is 9.97 Å². The van der Waals surface area contributed by atoms with E-state index in [0.717, 1.165) is 23.9 Å². The van der Waals surface area contributed by atoms with E-state index in [4.69, 9.17) is 0 Å². The van der Waals surface area contributed by atoms with E-state index >= 15 is 0 Å². The molecule has 0 atom stereocenters. The van der Waals surface area contributed by atoms with Crippen molar-refractivity contribution in [2.75, 3.05) is 18.1 Å². The van der Waals surface area contributed by atoms with Crippen LogP contribution in [0.4, 0.5) is 5.95 Å². The van der Waals surface area contributed by atoms with Gasteiger partial charge in [0, 0.05) is 22.7 Å². The van der Waals surface area contributed by atoms with E-state index in [0.29, 0.717) is 10.7 Å². The lowest BCUT2D eigenvalue weighted by molar-refractivity contribution is 0.411. The average molecular weight is 293 g/mol. The molecule has 112 valence electrons. The van der Waals surface area contributed by atoms with Gasteiger partial charge in [-0.3, -0.25) is 0 Å². The van der Waals surface area contributed by atoms with Crippen LogP contribution < -0.4 is 5.32 Å². The van der Waals surface area contributed by atoms with Crippen LogP contribution >= 0.6 is 11.8 Å². The lowest BCUT2D eigenvalue weighted by Gasteiger charge is -2.35. The van der Waals surface area contributed by atoms with Crippen molar-refractivity contribution in [2.45, 2.75) is 63.5 Å². The van der Waals surface area contributed by atoms with Gasteiger partial charge in [0.05, 0.1) is 0 Å². The Morgan fingerprint density at radius 2 is 1.95 bits per heavy atom. The van der Waals surface area contributed by atoms with E-state index in [-0.39, 0.29) is 0 Å². The zero-order valence-corrected chi connectivity index (χ0v) is 14.0. The summed E-state index contributed by atoms with van der Waals surface area (Å²) in [5.74, 6) is 1.24. The second-order valence-electron chi connectivity index (χ2n) is 6.21. The monoisotopic (exact) mass is 293 g/mol. The van der Waals surface area contributed by atoms with Crippen molar-refractivity contribution in [2.24, 2.45) is 0 Å². The molecule has 0 aliphatic heterocycles. The Balaban J connectivity index is 2.06. The molecule has 0 unspecified atom stereocenters. The molecule has 0 radical (unpaired) electrons. The summed E-state index contributed by atoms with van der Waals surface area (Å²) in [6, 6.07) is 2.08. The molecule has 4 heteroatoms. The van der Waals surface area contributed by atoms with Crippen molar-refractivity contribution in [3.05, 3.63) is 17.5 Å². The van der Waals surface area contributed by atoms with E-state index in [1.54, 1.807) is 0 Å². The Morgan fingerprint density at radius 1 is 1.25 bits per heavy atom. The van der Waals surface area contributed by atoms with Crippen molar-refractivity contribution >= 4 is 17.7 Å². The number of anilines is 1. The van der Waals surface area contributed by atoms with Crippen LogP contribution in [0.5, 0.6) is 0 Å². The zero-order valence-electron chi connectivity index (χ0n) is 13.2. The predicted octanol–water partition coefficient (Wildman–Crippen LogP) is 4.39. The van der Waals surface area contributed by atoms with Gasteiger partial charge >= 0.3 is 0 Å². The Morgan fingerprint density at radius 3 is 2.55 bits per heavy atom. The summed E-state index contributed by atoms with van der Waals surface area (Å²) in [6.45, 7) is 7.38. The smallest absolute Gasteiger partial charge is 0.223 e. The first-order valence-electron chi connectivity index (χ1n) is 7.69. The summed E-state index contributed by atoms with van der Waals surface area (Å²) < 4.78 is 0.378. The maximum Gasteiger partial charge on any atom is 0.223 e. The topological polar surface area (TPSA) is 37.8 Å². The van der Waals surface area contributed by atoms with Gasteiger partial charge in [-0.2, -0.15) is 11.8 Å². The Kier molecular flexibility index (Phi) is 5.30. The Labute approximate surface area is 127 Å². The van der Waals surface area contributed by atoms with Crippen LogP contribution in [-0.4, -0.2) is 27.5 Å². The van der Waals surface area contributed by atoms with E-state index in [9.17, 15) is 0 Å². The molecule has 1 aliphatic carbocycles. The van der Waals surface area contributed by atoms with Crippen molar-refractivity contribution in [3.8, 4) is 0 Å². The first kappa shape index (κ1) is 15.6. The van der Waals surface area contributed by atoms with E-state index in [1.807, 2.05) is 18.7 Å². The van der Waals surface area contributed by atoms with Crippen LogP contribution in [0.25, 0.3) is 0 Å². The first-order valence-corrected chi connectivity index (χ1v) is 8.92. The summed E-state index contributed by atoms with van der Waals surface area (Å²) in [6.07, 6.45) is 8.96. The third-order valence-electron chi connectivity index (χ3n) is 4.23. The second-order valence-corrected chi connectivity index (χ2v) is 7.49. The fourth-order valence-electron chi connectivity index (χ4n) is 2.86. The fourth-order valence-corrected chi connectivity index (χ4v) is 3.77. The van der Waals surface area contributed by atoms with Gasteiger partial charge in [0.2, 0.25) is 5.95 Å². The third kappa shape index (κ3) is 3.87. The van der Waals surface area contributed by atoms with Crippen molar-refractivity contribution in [3.63, 3.8) is 0 Å². The maximum atomic E-state index is 4.65. The highest BCUT2D eigenvalue weighted by Gasteiger charge is 2.31. The Bertz CT molecular complexity index is 439. The van der Waals surface area contributed by atoms with E-state index in [1.165, 1.54) is 32.1 Å². The molecule has 20 heavy (non-hydrogen) atoms. The molecule has 0 saturated heterocycles. The molecule has 1 aromatic rings. The minimum absolute atomic E-state index is 0.378. The van der Waals surface area contributed by atoms with Crippen molar-refractivity contribution < 1.29 is 0 Å². The molecule has 0 spiro atoms. The molecule has 1 N–H and O–H groups in total. The molecule has 1 aromatic heterocycles. The van der Waals surface area contributed by atoms with Crippen LogP contribution in [0.15, 0.2) is 6.07 Å². The van der Waals surface area contributed by atoms with Crippen molar-refractivity contribution in [1.29, 1.82) is 0 Å². The zero-order chi connectivity index (χ0) is 14.6. The van der Waals surface area contributed by atoms with Crippen LogP contribution in [-0.2, 0) is 0 Å². The number of rotatable bonds is 5. The van der Waals surface area contributed by atoms with Crippen LogP contribution in [0, 0.1) is 6.92 Å². The highest BCUT2D eigenvalue weighted by molar-refractivity contribution is 8.00. The molecule has 1 saturated carbocycles. The van der Waals surface area contributed by atoms with Crippen LogP contribution in [0.1, 0.15) is 63.3 Å². The average Bonchev–Trinajstić information content (AvgIpc) is 2.45. The summed E-state index contributed by atoms with van der Waals surface area (Å²) in [7, 11) is 0. The molecule has 1 heterocycles. The SMILES string of the molecule is CSC1(CNc2nc(C)cc(C(C)C)n2)CCCCC1. The third-order valence-corrected chi connectivity index (χ3v) is 5.65. The minimum atomic E-state index is 0.378. The normalized spacial score (nSPS) is 18.2. The molecule has 0 bridgehead atoms. The number of hydrogen-bond donors (Lipinski definition) is 1. The van der Waals surface area contributed by atoms with Gasteiger partial charge in [0.15, 0.2) is 0 Å². The fraction of sp³-hybridized carbons (Fsp3) is 0.750. The van der Waals surface area contributed by atoms with Crippen LogP contribution in [0.2, 0.25) is 0 Å². The number of hydrogen-bond acceptors (Lipinski definition) is 4. The molecule has 1 aliphatic rings. The molecule has 1 fully saturated rings. The summed E-state index contributed by atoms with van der Waals surface area (Å²) in [5.41, 5.74) is 2.18. The largest absolute Gasteiger partial charge is 0.353 e. The van der Waals surface area contributed by atoms with Gasteiger partial charge in [-0.15, -0.1) is 0 Å². The van der Waals surface area contributed by atoms with E-state index < -0.39 is 0 Å². The summed E-state index contributed by atoms with van der Waals surface area (Å²) >= 11 is 2.01. The predicted molar refractivity (Wildman–Crippen MR) is 88.7 cm³/mol. The second kappa shape index (κ2) is 6.79. The molecule has 2 rings (SSSR count). The standard InChI is InChI=1S/C16H27N3S/c1-12(2)14-10-13(3)18-15(19-14)17-11-16(20-4)8-6-5-7-9-16/h10,12H,5-9,11H2,1-4H3,(H,17,18,19). The molecule has 0 aromatic carbocycles. The van der Waals surface area contributed by atoms with Gasteiger partial charge in [0.25, 0.3) is 0 Å². The lowest BCUT2D eigenvalue weighted by Crippen LogP contribution is -2.36. The summed E-state index contributed by atoms with van der Waals surface area (Å²) in [5, 5.41) is 3.50. The molecule has 0 amide bonds. The minimum Gasteiger partial charge on any atom is -0.353 e. The summed E-state index contributed by atoms with van der Waals surface area (Å²) in [4.78, 5) is 9.19. The number of aromatic nitrogens is 2. The Hall–Kier alpha value is -0.770. The molecular formula is C16H27N3S. The van der Waals surface area contributed by atoms with Gasteiger partial charge in [-0.1, -0.05) is 33.1 Å². The van der Waals surface area contributed by atoms with Crippen LogP contribution in [0.3, 0.4) is 0 Å². The number of thioether (sulfide) groups is 1. The highest BCUT2D eigenvalue weighted by Crippen LogP contribution is 2.38. The molecule has 3 nitrogen and oxygen atoms in total. The van der Waals surface area contributed by atoms with Gasteiger partial charge < -0.3 is 5.32 Å². The number of nitrogens with zero attached hydrogens (tertiary/aromatic N) is 2. The number of nitrogens with one attached hydrogen (secondary N) is 1. The number of aryl methyl sites for hydroxylation is 1. The van der Waals surface area contributed by atoms with Gasteiger partial charge in [-0.05, 0) is 38.0 Å². The molecular weight excluding hydrogens is 266 g/mol. The van der Waals surface area contributed by atoms with Gasteiger partial charge in [0.1, 0.15) is 0 Å². The quantitative estimate of drug-likeness (QED) is 0.874. The maximum absolute atomic E-state index is 4.65.